The normalized spacial score (nSPS) is 12.1. The first-order valence-corrected chi connectivity index (χ1v) is 6.09. The average Bonchev–Trinajstić information content (AvgIpc) is 2.38. The highest BCUT2D eigenvalue weighted by Crippen LogP contribution is 2.24. The van der Waals surface area contributed by atoms with Crippen molar-refractivity contribution < 1.29 is 14.7 Å². The van der Waals surface area contributed by atoms with Gasteiger partial charge in [0.25, 0.3) is 5.91 Å². The molecule has 0 saturated carbocycles. The van der Waals surface area contributed by atoms with E-state index >= 15 is 0 Å². The van der Waals surface area contributed by atoms with E-state index in [0.29, 0.717) is 16.8 Å². The Morgan fingerprint density at radius 1 is 1.35 bits per heavy atom. The molecule has 0 spiro atoms. The molecule has 2 aromatic rings. The smallest absolute Gasteiger partial charge is 0.325 e. The number of fused-ring (bicyclic) bond motifs is 1. The molecule has 1 heterocycles. The highest BCUT2D eigenvalue weighted by molar-refractivity contribution is 6.08. The zero-order valence-electron chi connectivity index (χ0n) is 11.2. The number of hydrogen-bond donors (Lipinski definition) is 3. The predicted molar refractivity (Wildman–Crippen MR) is 75.5 cm³/mol. The molecular formula is C14H15N3O3. The molecule has 0 bridgehead atoms. The van der Waals surface area contributed by atoms with E-state index in [4.69, 9.17) is 10.8 Å². The maximum Gasteiger partial charge on any atom is 0.325 e. The second kappa shape index (κ2) is 5.16. The van der Waals surface area contributed by atoms with Crippen LogP contribution in [-0.2, 0) is 4.79 Å². The Hall–Kier alpha value is -2.63. The van der Waals surface area contributed by atoms with Gasteiger partial charge in [0, 0.05) is 22.2 Å². The molecule has 0 aliphatic rings. The van der Waals surface area contributed by atoms with Crippen molar-refractivity contribution >= 4 is 28.3 Å². The minimum Gasteiger partial charge on any atom is -0.480 e. The van der Waals surface area contributed by atoms with Crippen LogP contribution in [0, 0.1) is 6.92 Å². The summed E-state index contributed by atoms with van der Waals surface area (Å²) in [5.41, 5.74) is 7.26. The maximum absolute atomic E-state index is 12.2. The summed E-state index contributed by atoms with van der Waals surface area (Å²) < 4.78 is 0. The Bertz CT molecular complexity index is 697. The topological polar surface area (TPSA) is 105 Å². The number of aliphatic carboxylic acids is 1. The first-order valence-electron chi connectivity index (χ1n) is 6.09. The van der Waals surface area contributed by atoms with E-state index in [1.807, 2.05) is 0 Å². The van der Waals surface area contributed by atoms with Gasteiger partial charge < -0.3 is 16.2 Å². The lowest BCUT2D eigenvalue weighted by Crippen LogP contribution is -2.38. The van der Waals surface area contributed by atoms with Gasteiger partial charge >= 0.3 is 5.97 Å². The molecule has 6 heteroatoms. The van der Waals surface area contributed by atoms with Crippen molar-refractivity contribution in [1.29, 1.82) is 0 Å². The summed E-state index contributed by atoms with van der Waals surface area (Å²) in [4.78, 5) is 27.1. The van der Waals surface area contributed by atoms with E-state index in [0.717, 1.165) is 5.39 Å². The maximum atomic E-state index is 12.2. The number of nitrogens with two attached hydrogens (primary N) is 1. The molecule has 1 amide bonds. The number of rotatable bonds is 3. The molecule has 1 aromatic heterocycles. The number of nitrogens with zero attached hydrogens (tertiary/aromatic N) is 1. The third-order valence-corrected chi connectivity index (χ3v) is 2.97. The molecule has 1 aromatic carbocycles. The van der Waals surface area contributed by atoms with Crippen molar-refractivity contribution in [1.82, 2.24) is 10.3 Å². The van der Waals surface area contributed by atoms with Gasteiger partial charge in [-0.2, -0.15) is 0 Å². The first kappa shape index (κ1) is 13.8. The van der Waals surface area contributed by atoms with Crippen molar-refractivity contribution in [3.8, 4) is 0 Å². The van der Waals surface area contributed by atoms with Gasteiger partial charge in [-0.25, -0.2) is 4.98 Å². The van der Waals surface area contributed by atoms with Crippen LogP contribution < -0.4 is 11.1 Å². The molecule has 0 aliphatic carbocycles. The number of nitrogen functional groups attached to an aromatic ring is 1. The van der Waals surface area contributed by atoms with Crippen molar-refractivity contribution in [2.75, 3.05) is 5.73 Å². The van der Waals surface area contributed by atoms with Crippen LogP contribution in [0.3, 0.4) is 0 Å². The van der Waals surface area contributed by atoms with Crippen LogP contribution in [0.1, 0.15) is 23.1 Å². The largest absolute Gasteiger partial charge is 0.480 e. The summed E-state index contributed by atoms with van der Waals surface area (Å²) in [6, 6.07) is 6.01. The SMILES string of the molecule is Cc1cc2c(N)cccc2c(C(=O)NC(C)C(=O)O)n1. The number of benzene rings is 1. The summed E-state index contributed by atoms with van der Waals surface area (Å²) in [7, 11) is 0. The van der Waals surface area contributed by atoms with Crippen LogP contribution in [0.15, 0.2) is 24.3 Å². The summed E-state index contributed by atoms with van der Waals surface area (Å²) in [5, 5.41) is 12.6. The highest BCUT2D eigenvalue weighted by atomic mass is 16.4. The van der Waals surface area contributed by atoms with Crippen LogP contribution in [0.5, 0.6) is 0 Å². The molecule has 6 nitrogen and oxygen atoms in total. The third-order valence-electron chi connectivity index (χ3n) is 2.97. The fourth-order valence-electron chi connectivity index (χ4n) is 1.93. The zero-order valence-corrected chi connectivity index (χ0v) is 11.2. The van der Waals surface area contributed by atoms with E-state index < -0.39 is 17.9 Å². The average molecular weight is 273 g/mol. The first-order chi connectivity index (χ1) is 9.40. The lowest BCUT2D eigenvalue weighted by atomic mass is 10.1. The minimum absolute atomic E-state index is 0.181. The van der Waals surface area contributed by atoms with Gasteiger partial charge in [0.2, 0.25) is 0 Å². The van der Waals surface area contributed by atoms with E-state index in [-0.39, 0.29) is 5.69 Å². The predicted octanol–water partition coefficient (Wildman–Crippen LogP) is 1.33. The van der Waals surface area contributed by atoms with Crippen molar-refractivity contribution in [3.63, 3.8) is 0 Å². The third kappa shape index (κ3) is 2.54. The number of aromatic nitrogens is 1. The zero-order chi connectivity index (χ0) is 14.9. The molecule has 4 N–H and O–H groups in total. The van der Waals surface area contributed by atoms with E-state index in [9.17, 15) is 9.59 Å². The Balaban J connectivity index is 2.51. The molecule has 20 heavy (non-hydrogen) atoms. The Morgan fingerprint density at radius 3 is 2.70 bits per heavy atom. The number of nitrogens with one attached hydrogen (secondary N) is 1. The van der Waals surface area contributed by atoms with E-state index in [2.05, 4.69) is 10.3 Å². The summed E-state index contributed by atoms with van der Waals surface area (Å²) in [6.45, 7) is 3.15. The van der Waals surface area contributed by atoms with Crippen LogP contribution in [0.25, 0.3) is 10.8 Å². The fourth-order valence-corrected chi connectivity index (χ4v) is 1.93. The summed E-state index contributed by atoms with van der Waals surface area (Å²) in [5.74, 6) is -1.63. The molecule has 104 valence electrons. The van der Waals surface area contributed by atoms with Crippen LogP contribution in [0.2, 0.25) is 0 Å². The molecule has 1 atom stereocenters. The number of carbonyl (C=O) groups is 2. The minimum atomic E-state index is -1.10. The molecule has 1 unspecified atom stereocenters. The molecule has 0 radical (unpaired) electrons. The van der Waals surface area contributed by atoms with Crippen LogP contribution in [-0.4, -0.2) is 28.0 Å². The van der Waals surface area contributed by atoms with Gasteiger partial charge in [-0.15, -0.1) is 0 Å². The monoisotopic (exact) mass is 273 g/mol. The Kier molecular flexibility index (Phi) is 3.56. The van der Waals surface area contributed by atoms with Crippen LogP contribution >= 0.6 is 0 Å². The van der Waals surface area contributed by atoms with Gasteiger partial charge in [-0.3, -0.25) is 9.59 Å². The van der Waals surface area contributed by atoms with Crippen LogP contribution in [0.4, 0.5) is 5.69 Å². The highest BCUT2D eigenvalue weighted by Gasteiger charge is 2.19. The molecule has 0 saturated heterocycles. The number of carboxylic acids is 1. The quantitative estimate of drug-likeness (QED) is 0.731. The molecule has 2 rings (SSSR count). The number of anilines is 1. The second-order valence-electron chi connectivity index (χ2n) is 4.59. The van der Waals surface area contributed by atoms with E-state index in [1.165, 1.54) is 6.92 Å². The second-order valence-corrected chi connectivity index (χ2v) is 4.59. The lowest BCUT2D eigenvalue weighted by molar-refractivity contribution is -0.138. The van der Waals surface area contributed by atoms with Crippen molar-refractivity contribution in [2.24, 2.45) is 0 Å². The fraction of sp³-hybridized carbons (Fsp3) is 0.214. The molecule has 0 aliphatic heterocycles. The summed E-state index contributed by atoms with van der Waals surface area (Å²) in [6.07, 6.45) is 0. The number of pyridine rings is 1. The molecular weight excluding hydrogens is 258 g/mol. The molecule has 0 fully saturated rings. The van der Waals surface area contributed by atoms with Crippen molar-refractivity contribution in [2.45, 2.75) is 19.9 Å². The number of amides is 1. The Morgan fingerprint density at radius 2 is 2.05 bits per heavy atom. The van der Waals surface area contributed by atoms with Gasteiger partial charge in [0.15, 0.2) is 0 Å². The Labute approximate surface area is 115 Å². The number of carbonyl (C=O) groups excluding carboxylic acids is 1. The number of aryl methyl sites for hydroxylation is 1. The lowest BCUT2D eigenvalue weighted by Gasteiger charge is -2.12. The van der Waals surface area contributed by atoms with Gasteiger partial charge in [-0.1, -0.05) is 12.1 Å². The van der Waals surface area contributed by atoms with Gasteiger partial charge in [0.05, 0.1) is 0 Å². The summed E-state index contributed by atoms with van der Waals surface area (Å²) >= 11 is 0. The number of carboxylic acid groups (broad SMARTS) is 1. The van der Waals surface area contributed by atoms with Gasteiger partial charge in [0.1, 0.15) is 11.7 Å². The number of hydrogen-bond acceptors (Lipinski definition) is 4. The standard InChI is InChI=1S/C14H15N3O3/c1-7-6-10-9(4-3-5-11(10)15)12(16-7)13(18)17-8(2)14(19)20/h3-6,8H,15H2,1-2H3,(H,17,18)(H,19,20). The van der Waals surface area contributed by atoms with E-state index in [1.54, 1.807) is 31.2 Å². The van der Waals surface area contributed by atoms with Crippen molar-refractivity contribution in [3.05, 3.63) is 35.7 Å². The van der Waals surface area contributed by atoms with Gasteiger partial charge in [-0.05, 0) is 26.0 Å².